The minimum Gasteiger partial charge on any atom is -0.493 e. The highest BCUT2D eigenvalue weighted by Gasteiger charge is 2.48. The summed E-state index contributed by atoms with van der Waals surface area (Å²) in [6, 6.07) is 4.54. The predicted octanol–water partition coefficient (Wildman–Crippen LogP) is 2.26. The Kier molecular flexibility index (Phi) is 5.80. The monoisotopic (exact) mass is 408 g/mol. The molecule has 0 bridgehead atoms. The van der Waals surface area contributed by atoms with Gasteiger partial charge in [-0.2, -0.15) is 0 Å². The lowest BCUT2D eigenvalue weighted by Crippen LogP contribution is -2.43. The molecule has 0 aliphatic carbocycles. The van der Waals surface area contributed by atoms with Gasteiger partial charge >= 0.3 is 5.63 Å². The third kappa shape index (κ3) is 4.49. The van der Waals surface area contributed by atoms with Gasteiger partial charge in [0.25, 0.3) is 0 Å². The van der Waals surface area contributed by atoms with Gasteiger partial charge in [-0.3, -0.25) is 0 Å². The van der Waals surface area contributed by atoms with Gasteiger partial charge in [0.05, 0.1) is 31.5 Å². The Labute approximate surface area is 168 Å². The SMILES string of the molecule is COc1cc2ccc(=O)oc2c(OC)c1OCC(O)C(C)(O)CCC1OC1(C)C. The van der Waals surface area contributed by atoms with E-state index in [1.807, 2.05) is 13.8 Å². The average Bonchev–Trinajstić information content (AvgIpc) is 3.30. The lowest BCUT2D eigenvalue weighted by molar-refractivity contribution is -0.0850. The first-order chi connectivity index (χ1) is 13.6. The number of hydrogen-bond acceptors (Lipinski definition) is 8. The van der Waals surface area contributed by atoms with E-state index in [1.165, 1.54) is 20.3 Å². The molecule has 8 nitrogen and oxygen atoms in total. The van der Waals surface area contributed by atoms with Crippen LogP contribution in [0.4, 0.5) is 0 Å². The summed E-state index contributed by atoms with van der Waals surface area (Å²) in [5, 5.41) is 21.8. The van der Waals surface area contributed by atoms with Crippen molar-refractivity contribution in [3.63, 3.8) is 0 Å². The van der Waals surface area contributed by atoms with Crippen LogP contribution in [0.1, 0.15) is 33.6 Å². The third-order valence-corrected chi connectivity index (χ3v) is 5.39. The number of rotatable bonds is 9. The molecule has 3 atom stereocenters. The number of benzene rings is 1. The van der Waals surface area contributed by atoms with Crippen LogP contribution in [0.3, 0.4) is 0 Å². The van der Waals surface area contributed by atoms with Crippen LogP contribution >= 0.6 is 0 Å². The molecule has 0 spiro atoms. The predicted molar refractivity (Wildman–Crippen MR) is 106 cm³/mol. The van der Waals surface area contributed by atoms with E-state index in [4.69, 9.17) is 23.4 Å². The van der Waals surface area contributed by atoms with Gasteiger partial charge in [-0.25, -0.2) is 4.79 Å². The average molecular weight is 408 g/mol. The van der Waals surface area contributed by atoms with E-state index in [9.17, 15) is 15.0 Å². The number of fused-ring (bicyclic) bond motifs is 1. The fourth-order valence-corrected chi connectivity index (χ4v) is 3.28. The lowest BCUT2D eigenvalue weighted by atomic mass is 9.91. The highest BCUT2D eigenvalue weighted by molar-refractivity contribution is 5.88. The van der Waals surface area contributed by atoms with Gasteiger partial charge in [0.1, 0.15) is 12.7 Å². The van der Waals surface area contributed by atoms with E-state index in [0.717, 1.165) is 0 Å². The second kappa shape index (κ2) is 7.85. The van der Waals surface area contributed by atoms with Crippen molar-refractivity contribution in [1.29, 1.82) is 0 Å². The van der Waals surface area contributed by atoms with Crippen molar-refractivity contribution in [2.45, 2.75) is 57.0 Å². The van der Waals surface area contributed by atoms with Crippen LogP contribution in [-0.2, 0) is 4.74 Å². The maximum absolute atomic E-state index is 11.6. The topological polar surface area (TPSA) is 111 Å². The Bertz CT molecular complexity index is 930. The Morgan fingerprint density at radius 2 is 1.93 bits per heavy atom. The molecule has 1 aliphatic rings. The van der Waals surface area contributed by atoms with Crippen molar-refractivity contribution in [3.8, 4) is 17.2 Å². The molecule has 1 fully saturated rings. The van der Waals surface area contributed by atoms with Crippen molar-refractivity contribution >= 4 is 11.0 Å². The molecule has 29 heavy (non-hydrogen) atoms. The van der Waals surface area contributed by atoms with Gasteiger partial charge in [-0.1, -0.05) is 0 Å². The number of hydrogen-bond donors (Lipinski definition) is 2. The number of epoxide rings is 1. The Balaban J connectivity index is 1.77. The van der Waals surface area contributed by atoms with Crippen LogP contribution in [0.25, 0.3) is 11.0 Å². The van der Waals surface area contributed by atoms with Gasteiger partial charge in [0.15, 0.2) is 11.3 Å². The first-order valence-corrected chi connectivity index (χ1v) is 9.49. The lowest BCUT2D eigenvalue weighted by Gasteiger charge is -2.29. The summed E-state index contributed by atoms with van der Waals surface area (Å²) in [6.45, 7) is 5.33. The molecule has 2 aromatic rings. The molecule has 0 radical (unpaired) electrons. The molecule has 0 saturated carbocycles. The smallest absolute Gasteiger partial charge is 0.336 e. The molecule has 160 valence electrons. The van der Waals surface area contributed by atoms with Crippen LogP contribution in [-0.4, -0.2) is 54.4 Å². The summed E-state index contributed by atoms with van der Waals surface area (Å²) < 4.78 is 27.3. The fourth-order valence-electron chi connectivity index (χ4n) is 3.28. The molecule has 8 heteroatoms. The van der Waals surface area contributed by atoms with Crippen molar-refractivity contribution in [1.82, 2.24) is 0 Å². The zero-order chi connectivity index (χ0) is 21.4. The molecule has 0 amide bonds. The Morgan fingerprint density at radius 1 is 1.24 bits per heavy atom. The summed E-state index contributed by atoms with van der Waals surface area (Å²) in [6.07, 6.45) is -0.111. The summed E-state index contributed by atoms with van der Waals surface area (Å²) in [4.78, 5) is 11.6. The van der Waals surface area contributed by atoms with Gasteiger partial charge in [-0.15, -0.1) is 0 Å². The molecule has 3 unspecified atom stereocenters. The maximum atomic E-state index is 11.6. The normalized spacial score (nSPS) is 20.7. The van der Waals surface area contributed by atoms with Crippen LogP contribution < -0.4 is 19.8 Å². The minimum absolute atomic E-state index is 0.0747. The van der Waals surface area contributed by atoms with Crippen LogP contribution in [0.2, 0.25) is 0 Å². The molecule has 2 N–H and O–H groups in total. The van der Waals surface area contributed by atoms with E-state index in [0.29, 0.717) is 24.0 Å². The van der Waals surface area contributed by atoms with E-state index >= 15 is 0 Å². The minimum atomic E-state index is -1.37. The standard InChI is InChI=1S/C21H28O8/c1-20(2)15(29-20)8-9-21(3,24)14(22)11-27-18-13(25-4)10-12-6-7-16(23)28-17(12)19(18)26-5/h6-7,10,14-15,22,24H,8-9,11H2,1-5H3. The summed E-state index contributed by atoms with van der Waals surface area (Å²) in [5.74, 6) is 0.707. The molecular weight excluding hydrogens is 380 g/mol. The number of methoxy groups -OCH3 is 2. The fraction of sp³-hybridized carbons (Fsp3) is 0.571. The van der Waals surface area contributed by atoms with E-state index in [2.05, 4.69) is 0 Å². The van der Waals surface area contributed by atoms with Crippen molar-refractivity contribution in [3.05, 3.63) is 28.6 Å². The van der Waals surface area contributed by atoms with Crippen LogP contribution in [0.5, 0.6) is 17.2 Å². The van der Waals surface area contributed by atoms with Gasteiger partial charge in [0, 0.05) is 11.5 Å². The van der Waals surface area contributed by atoms with Gasteiger partial charge in [-0.05, 0) is 45.7 Å². The molecule has 1 aliphatic heterocycles. The number of aliphatic hydroxyl groups is 2. The molecule has 1 saturated heterocycles. The summed E-state index contributed by atoms with van der Waals surface area (Å²) in [5.41, 5.74) is -1.86. The molecule has 1 aromatic carbocycles. The highest BCUT2D eigenvalue weighted by Crippen LogP contribution is 2.43. The van der Waals surface area contributed by atoms with E-state index in [1.54, 1.807) is 19.1 Å². The zero-order valence-corrected chi connectivity index (χ0v) is 17.4. The molecular formula is C21H28O8. The van der Waals surface area contributed by atoms with Crippen LogP contribution in [0.15, 0.2) is 27.4 Å². The van der Waals surface area contributed by atoms with Crippen molar-refractivity contribution in [2.75, 3.05) is 20.8 Å². The maximum Gasteiger partial charge on any atom is 0.336 e. The first kappa shape index (κ1) is 21.4. The quantitative estimate of drug-likeness (QED) is 0.480. The third-order valence-electron chi connectivity index (χ3n) is 5.39. The Morgan fingerprint density at radius 3 is 2.52 bits per heavy atom. The molecule has 1 aromatic heterocycles. The van der Waals surface area contributed by atoms with Crippen molar-refractivity contribution in [2.24, 2.45) is 0 Å². The Hall–Kier alpha value is -2.29. The van der Waals surface area contributed by atoms with Crippen molar-refractivity contribution < 1.29 is 33.6 Å². The van der Waals surface area contributed by atoms with Crippen LogP contribution in [0, 0.1) is 0 Å². The summed E-state index contributed by atoms with van der Waals surface area (Å²) >= 11 is 0. The van der Waals surface area contributed by atoms with E-state index in [-0.39, 0.29) is 35.4 Å². The number of ether oxygens (including phenoxy) is 4. The largest absolute Gasteiger partial charge is 0.493 e. The van der Waals surface area contributed by atoms with Gasteiger partial charge < -0.3 is 33.6 Å². The highest BCUT2D eigenvalue weighted by atomic mass is 16.6. The summed E-state index contributed by atoms with van der Waals surface area (Å²) in [7, 11) is 2.88. The number of aliphatic hydroxyl groups excluding tert-OH is 1. The second-order valence-corrected chi connectivity index (χ2v) is 8.05. The first-order valence-electron chi connectivity index (χ1n) is 9.49. The van der Waals surface area contributed by atoms with E-state index < -0.39 is 17.3 Å². The molecule has 3 rings (SSSR count). The second-order valence-electron chi connectivity index (χ2n) is 8.05. The molecule has 2 heterocycles. The zero-order valence-electron chi connectivity index (χ0n) is 17.4. The van der Waals surface area contributed by atoms with Gasteiger partial charge in [0.2, 0.25) is 11.5 Å².